The van der Waals surface area contributed by atoms with Crippen LogP contribution in [0.2, 0.25) is 0 Å². The number of aromatic nitrogens is 4. The van der Waals surface area contributed by atoms with Gasteiger partial charge in [-0.15, -0.1) is 11.3 Å². The van der Waals surface area contributed by atoms with Gasteiger partial charge in [-0.3, -0.25) is 4.79 Å². The Labute approximate surface area is 209 Å². The number of nitrogens with zero attached hydrogens (tertiary/aromatic N) is 3. The lowest BCUT2D eigenvalue weighted by atomic mass is 10.1. The first kappa shape index (κ1) is 24.3. The van der Waals surface area contributed by atoms with Crippen LogP contribution in [0.4, 0.5) is 26.0 Å². The number of benzene rings is 1. The molecule has 1 saturated carbocycles. The zero-order chi connectivity index (χ0) is 25.8. The van der Waals surface area contributed by atoms with Gasteiger partial charge in [-0.05, 0) is 38.8 Å². The third-order valence-corrected chi connectivity index (χ3v) is 7.74. The minimum absolute atomic E-state index is 0.00665. The van der Waals surface area contributed by atoms with Crippen molar-refractivity contribution in [2.24, 2.45) is 5.92 Å². The number of H-pyrrole nitrogens is 1. The standard InChI is InChI=1S/C23H22F2N6O3S2/c1-10-18(26-11(2)35-10)13-6-7-14(16(8-13)36(3,33)34)27-15-9-17(29-23(32)12-4-5-12)28-21-19(15)30-22(31-21)20(24)25/h6-9,12,20H,4-5H2,1-3H3,(H3,27,28,29,30,31,32). The van der Waals surface area contributed by atoms with E-state index in [0.29, 0.717) is 11.3 Å². The Morgan fingerprint density at radius 1 is 1.14 bits per heavy atom. The summed E-state index contributed by atoms with van der Waals surface area (Å²) in [7, 11) is -3.70. The van der Waals surface area contributed by atoms with E-state index in [1.165, 1.54) is 23.5 Å². The molecule has 1 aromatic carbocycles. The van der Waals surface area contributed by atoms with Crippen molar-refractivity contribution in [2.45, 2.75) is 38.0 Å². The molecule has 188 valence electrons. The number of thiazole rings is 1. The molecule has 0 aliphatic heterocycles. The lowest BCUT2D eigenvalue weighted by molar-refractivity contribution is -0.117. The topological polar surface area (TPSA) is 130 Å². The fraction of sp³-hybridized carbons (Fsp3) is 0.304. The third-order valence-electron chi connectivity index (χ3n) is 5.71. The molecular weight excluding hydrogens is 510 g/mol. The maximum Gasteiger partial charge on any atom is 0.295 e. The fourth-order valence-electron chi connectivity index (χ4n) is 3.87. The van der Waals surface area contributed by atoms with Crippen LogP contribution in [0, 0.1) is 19.8 Å². The Balaban J connectivity index is 1.60. The molecular formula is C23H22F2N6O3S2. The van der Waals surface area contributed by atoms with Crippen molar-refractivity contribution in [3.8, 4) is 11.3 Å². The third kappa shape index (κ3) is 4.80. The number of amides is 1. The van der Waals surface area contributed by atoms with Crippen LogP contribution < -0.4 is 10.6 Å². The second kappa shape index (κ2) is 8.89. The lowest BCUT2D eigenvalue weighted by Gasteiger charge is -2.14. The van der Waals surface area contributed by atoms with E-state index in [1.807, 2.05) is 13.8 Å². The highest BCUT2D eigenvalue weighted by Crippen LogP contribution is 2.36. The number of imidazole rings is 1. The first-order valence-corrected chi connectivity index (χ1v) is 13.8. The molecule has 3 N–H and O–H groups in total. The van der Waals surface area contributed by atoms with Crippen molar-refractivity contribution in [2.75, 3.05) is 16.9 Å². The van der Waals surface area contributed by atoms with Crippen molar-refractivity contribution >= 4 is 55.4 Å². The monoisotopic (exact) mass is 532 g/mol. The number of pyridine rings is 1. The Morgan fingerprint density at radius 3 is 2.50 bits per heavy atom. The summed E-state index contributed by atoms with van der Waals surface area (Å²) in [4.78, 5) is 28.3. The van der Waals surface area contributed by atoms with Gasteiger partial charge in [-0.25, -0.2) is 32.2 Å². The summed E-state index contributed by atoms with van der Waals surface area (Å²) in [6, 6.07) is 6.33. The van der Waals surface area contributed by atoms with Crippen LogP contribution in [0.5, 0.6) is 0 Å². The molecule has 0 unspecified atom stereocenters. The first-order chi connectivity index (χ1) is 17.0. The summed E-state index contributed by atoms with van der Waals surface area (Å²) in [5.74, 6) is -0.774. The quantitative estimate of drug-likeness (QED) is 0.301. The lowest BCUT2D eigenvalue weighted by Crippen LogP contribution is -2.14. The fourth-order valence-corrected chi connectivity index (χ4v) is 5.57. The zero-order valence-corrected chi connectivity index (χ0v) is 21.2. The number of anilines is 3. The van der Waals surface area contributed by atoms with Crippen molar-refractivity contribution in [3.63, 3.8) is 0 Å². The molecule has 1 fully saturated rings. The molecule has 9 nitrogen and oxygen atoms in total. The molecule has 0 radical (unpaired) electrons. The summed E-state index contributed by atoms with van der Waals surface area (Å²) in [6.45, 7) is 3.79. The van der Waals surface area contributed by atoms with Gasteiger partial charge in [0, 0.05) is 28.7 Å². The first-order valence-electron chi connectivity index (χ1n) is 11.0. The van der Waals surface area contributed by atoms with Gasteiger partial charge in [0.2, 0.25) is 5.91 Å². The molecule has 36 heavy (non-hydrogen) atoms. The van der Waals surface area contributed by atoms with Crippen molar-refractivity contribution in [3.05, 3.63) is 40.0 Å². The minimum atomic E-state index is -3.70. The highest BCUT2D eigenvalue weighted by atomic mass is 32.2. The predicted molar refractivity (Wildman–Crippen MR) is 134 cm³/mol. The molecule has 0 bridgehead atoms. The molecule has 0 atom stereocenters. The van der Waals surface area contributed by atoms with Gasteiger partial charge in [0.15, 0.2) is 21.3 Å². The van der Waals surface area contributed by atoms with Crippen LogP contribution in [0.15, 0.2) is 29.2 Å². The van der Waals surface area contributed by atoms with Gasteiger partial charge in [-0.1, -0.05) is 6.07 Å². The average Bonchev–Trinajstić information content (AvgIpc) is 3.47. The highest BCUT2D eigenvalue weighted by Gasteiger charge is 2.30. The molecule has 5 rings (SSSR count). The summed E-state index contributed by atoms with van der Waals surface area (Å²) >= 11 is 1.51. The molecule has 1 aliphatic rings. The van der Waals surface area contributed by atoms with E-state index in [2.05, 4.69) is 30.6 Å². The Hall–Kier alpha value is -3.45. The number of alkyl halides is 2. The van der Waals surface area contributed by atoms with E-state index in [-0.39, 0.29) is 45.1 Å². The summed E-state index contributed by atoms with van der Waals surface area (Å²) in [5.41, 5.74) is 1.92. The number of hydrogen-bond donors (Lipinski definition) is 3. The van der Waals surface area contributed by atoms with Crippen LogP contribution in [-0.2, 0) is 14.6 Å². The van der Waals surface area contributed by atoms with Crippen LogP contribution >= 0.6 is 11.3 Å². The Kier molecular flexibility index (Phi) is 5.99. The number of carbonyl (C=O) groups is 1. The number of sulfone groups is 1. The molecule has 1 aliphatic carbocycles. The SMILES string of the molecule is Cc1nc(-c2ccc(Nc3cc(NC(=O)C4CC4)nc4nc(C(F)F)[nH]c34)c(S(C)(=O)=O)c2)c(C)s1. The van der Waals surface area contributed by atoms with E-state index in [9.17, 15) is 22.0 Å². The molecule has 4 aromatic rings. The van der Waals surface area contributed by atoms with Gasteiger partial charge in [-0.2, -0.15) is 0 Å². The van der Waals surface area contributed by atoms with Crippen LogP contribution in [0.1, 0.15) is 35.0 Å². The van der Waals surface area contributed by atoms with E-state index in [0.717, 1.165) is 29.0 Å². The van der Waals surface area contributed by atoms with Crippen LogP contribution in [0.3, 0.4) is 0 Å². The molecule has 0 spiro atoms. The van der Waals surface area contributed by atoms with Gasteiger partial charge in [0.25, 0.3) is 6.43 Å². The maximum absolute atomic E-state index is 13.4. The number of aryl methyl sites for hydroxylation is 2. The smallest absolute Gasteiger partial charge is 0.295 e. The van der Waals surface area contributed by atoms with Crippen LogP contribution in [0.25, 0.3) is 22.4 Å². The molecule has 3 heterocycles. The number of fused-ring (bicyclic) bond motifs is 1. The van der Waals surface area contributed by atoms with Crippen molar-refractivity contribution < 1.29 is 22.0 Å². The van der Waals surface area contributed by atoms with E-state index in [1.54, 1.807) is 12.1 Å². The normalized spacial score (nSPS) is 13.9. The molecule has 13 heteroatoms. The number of nitrogens with one attached hydrogen (secondary N) is 3. The zero-order valence-electron chi connectivity index (χ0n) is 19.5. The van der Waals surface area contributed by atoms with E-state index < -0.39 is 22.1 Å². The van der Waals surface area contributed by atoms with Crippen molar-refractivity contribution in [1.82, 2.24) is 19.9 Å². The van der Waals surface area contributed by atoms with E-state index >= 15 is 0 Å². The number of aromatic amines is 1. The summed E-state index contributed by atoms with van der Waals surface area (Å²) in [6.07, 6.45) is -0.226. The second-order valence-corrected chi connectivity index (χ2v) is 12.1. The predicted octanol–water partition coefficient (Wildman–Crippen LogP) is 5.13. The highest BCUT2D eigenvalue weighted by molar-refractivity contribution is 7.90. The largest absolute Gasteiger partial charge is 0.353 e. The molecule has 0 saturated heterocycles. The van der Waals surface area contributed by atoms with Gasteiger partial charge >= 0.3 is 0 Å². The van der Waals surface area contributed by atoms with Crippen molar-refractivity contribution in [1.29, 1.82) is 0 Å². The Bertz CT molecular complexity index is 1610. The minimum Gasteiger partial charge on any atom is -0.353 e. The second-order valence-electron chi connectivity index (χ2n) is 8.69. The molecule has 1 amide bonds. The number of carbonyl (C=O) groups excluding carboxylic acids is 1. The maximum atomic E-state index is 13.4. The average molecular weight is 533 g/mol. The number of rotatable bonds is 7. The summed E-state index contributed by atoms with van der Waals surface area (Å²) in [5, 5.41) is 6.58. The number of hydrogen-bond acceptors (Lipinski definition) is 8. The number of halogens is 2. The van der Waals surface area contributed by atoms with Gasteiger partial charge in [0.05, 0.1) is 27.0 Å². The Morgan fingerprint density at radius 2 is 1.89 bits per heavy atom. The van der Waals surface area contributed by atoms with Crippen LogP contribution in [-0.4, -0.2) is 40.5 Å². The van der Waals surface area contributed by atoms with E-state index in [4.69, 9.17) is 0 Å². The molecule has 3 aromatic heterocycles. The summed E-state index contributed by atoms with van der Waals surface area (Å²) < 4.78 is 52.2. The van der Waals surface area contributed by atoms with Gasteiger partial charge < -0.3 is 15.6 Å². The van der Waals surface area contributed by atoms with Gasteiger partial charge in [0.1, 0.15) is 11.3 Å².